The molecule has 0 atom stereocenters. The SMILES string of the molecule is NCc1noc(-c2ccc3nccnc3c2)n1. The number of hydrogen-bond donors (Lipinski definition) is 1. The third-order valence-corrected chi connectivity index (χ3v) is 2.37. The van der Waals surface area contributed by atoms with Crippen molar-refractivity contribution < 1.29 is 4.52 Å². The Balaban J connectivity index is 2.11. The Morgan fingerprint density at radius 3 is 2.71 bits per heavy atom. The zero-order valence-electron chi connectivity index (χ0n) is 8.87. The van der Waals surface area contributed by atoms with E-state index in [1.54, 1.807) is 12.4 Å². The van der Waals surface area contributed by atoms with Gasteiger partial charge in [-0.2, -0.15) is 4.98 Å². The second-order valence-electron chi connectivity index (χ2n) is 3.48. The second-order valence-corrected chi connectivity index (χ2v) is 3.48. The number of rotatable bonds is 2. The van der Waals surface area contributed by atoms with Crippen LogP contribution in [0.1, 0.15) is 5.82 Å². The van der Waals surface area contributed by atoms with Crippen LogP contribution < -0.4 is 5.73 Å². The van der Waals surface area contributed by atoms with E-state index >= 15 is 0 Å². The van der Waals surface area contributed by atoms with Crippen molar-refractivity contribution in [3.63, 3.8) is 0 Å². The number of fused-ring (bicyclic) bond motifs is 1. The van der Waals surface area contributed by atoms with Crippen LogP contribution in [0.3, 0.4) is 0 Å². The first kappa shape index (κ1) is 9.86. The molecule has 3 rings (SSSR count). The van der Waals surface area contributed by atoms with Crippen molar-refractivity contribution in [1.82, 2.24) is 20.1 Å². The summed E-state index contributed by atoms with van der Waals surface area (Å²) in [5, 5.41) is 3.74. The molecular formula is C11H9N5O. The summed E-state index contributed by atoms with van der Waals surface area (Å²) >= 11 is 0. The molecule has 0 saturated heterocycles. The monoisotopic (exact) mass is 227 g/mol. The summed E-state index contributed by atoms with van der Waals surface area (Å²) < 4.78 is 5.10. The topological polar surface area (TPSA) is 90.7 Å². The van der Waals surface area contributed by atoms with Crippen LogP contribution in [-0.4, -0.2) is 20.1 Å². The van der Waals surface area contributed by atoms with Crippen LogP contribution in [0.4, 0.5) is 0 Å². The van der Waals surface area contributed by atoms with Gasteiger partial charge >= 0.3 is 0 Å². The molecule has 0 amide bonds. The van der Waals surface area contributed by atoms with Crippen LogP contribution >= 0.6 is 0 Å². The van der Waals surface area contributed by atoms with Crippen LogP contribution in [0.25, 0.3) is 22.5 Å². The Morgan fingerprint density at radius 2 is 1.94 bits per heavy atom. The van der Waals surface area contributed by atoms with Crippen molar-refractivity contribution in [3.05, 3.63) is 36.4 Å². The predicted molar refractivity (Wildman–Crippen MR) is 60.7 cm³/mol. The second kappa shape index (κ2) is 3.91. The van der Waals surface area contributed by atoms with Crippen molar-refractivity contribution in [3.8, 4) is 11.5 Å². The molecule has 2 heterocycles. The lowest BCUT2D eigenvalue weighted by Crippen LogP contribution is -1.97. The van der Waals surface area contributed by atoms with Crippen LogP contribution in [0, 0.1) is 0 Å². The Labute approximate surface area is 96.5 Å². The number of nitrogens with two attached hydrogens (primary N) is 1. The number of hydrogen-bond acceptors (Lipinski definition) is 6. The highest BCUT2D eigenvalue weighted by Gasteiger charge is 2.08. The highest BCUT2D eigenvalue weighted by molar-refractivity contribution is 5.79. The van der Waals surface area contributed by atoms with Gasteiger partial charge in [-0.05, 0) is 18.2 Å². The molecule has 0 fully saturated rings. The Hall–Kier alpha value is -2.34. The largest absolute Gasteiger partial charge is 0.334 e. The zero-order chi connectivity index (χ0) is 11.7. The van der Waals surface area contributed by atoms with Crippen LogP contribution in [0.5, 0.6) is 0 Å². The molecule has 0 saturated carbocycles. The highest BCUT2D eigenvalue weighted by Crippen LogP contribution is 2.20. The molecule has 84 valence electrons. The van der Waals surface area contributed by atoms with E-state index in [0.29, 0.717) is 11.7 Å². The van der Waals surface area contributed by atoms with Crippen LogP contribution in [0.15, 0.2) is 35.1 Å². The molecule has 0 unspecified atom stereocenters. The zero-order valence-corrected chi connectivity index (χ0v) is 8.87. The third kappa shape index (κ3) is 1.74. The Kier molecular flexibility index (Phi) is 2.27. The van der Waals surface area contributed by atoms with E-state index in [9.17, 15) is 0 Å². The van der Waals surface area contributed by atoms with Gasteiger partial charge in [0.15, 0.2) is 5.82 Å². The normalized spacial score (nSPS) is 10.9. The molecule has 0 bridgehead atoms. The minimum Gasteiger partial charge on any atom is -0.334 e. The molecule has 17 heavy (non-hydrogen) atoms. The first-order valence-corrected chi connectivity index (χ1v) is 5.10. The van der Waals surface area contributed by atoms with Crippen molar-refractivity contribution in [2.24, 2.45) is 5.73 Å². The first-order valence-electron chi connectivity index (χ1n) is 5.10. The molecular weight excluding hydrogens is 218 g/mol. The number of aromatic nitrogens is 4. The molecule has 2 N–H and O–H groups in total. The van der Waals surface area contributed by atoms with Gasteiger partial charge in [0.25, 0.3) is 5.89 Å². The van der Waals surface area contributed by atoms with Gasteiger partial charge in [0.2, 0.25) is 0 Å². The van der Waals surface area contributed by atoms with Gasteiger partial charge in [-0.3, -0.25) is 9.97 Å². The number of nitrogens with zero attached hydrogens (tertiary/aromatic N) is 4. The van der Waals surface area contributed by atoms with Gasteiger partial charge in [-0.15, -0.1) is 0 Å². The maximum atomic E-state index is 5.42. The van der Waals surface area contributed by atoms with Gasteiger partial charge in [-0.25, -0.2) is 0 Å². The smallest absolute Gasteiger partial charge is 0.258 e. The van der Waals surface area contributed by atoms with E-state index in [-0.39, 0.29) is 6.54 Å². The maximum Gasteiger partial charge on any atom is 0.258 e. The molecule has 0 aliphatic rings. The fraction of sp³-hybridized carbons (Fsp3) is 0.0909. The van der Waals surface area contributed by atoms with Crippen molar-refractivity contribution in [1.29, 1.82) is 0 Å². The minimum absolute atomic E-state index is 0.261. The molecule has 0 spiro atoms. The van der Waals surface area contributed by atoms with Crippen molar-refractivity contribution in [2.75, 3.05) is 0 Å². The maximum absolute atomic E-state index is 5.42. The molecule has 0 aliphatic heterocycles. The van der Waals surface area contributed by atoms with Gasteiger partial charge in [0.1, 0.15) is 0 Å². The van der Waals surface area contributed by atoms with Gasteiger partial charge in [0.05, 0.1) is 17.6 Å². The fourth-order valence-corrected chi connectivity index (χ4v) is 1.55. The quantitative estimate of drug-likeness (QED) is 0.705. The summed E-state index contributed by atoms with van der Waals surface area (Å²) in [6, 6.07) is 5.59. The predicted octanol–water partition coefficient (Wildman–Crippen LogP) is 1.14. The van der Waals surface area contributed by atoms with Crippen molar-refractivity contribution >= 4 is 11.0 Å². The lowest BCUT2D eigenvalue weighted by atomic mass is 10.2. The summed E-state index contributed by atoms with van der Waals surface area (Å²) in [5.74, 6) is 0.928. The third-order valence-electron chi connectivity index (χ3n) is 2.37. The van der Waals surface area contributed by atoms with Gasteiger partial charge in [-0.1, -0.05) is 5.16 Å². The fourth-order valence-electron chi connectivity index (χ4n) is 1.55. The van der Waals surface area contributed by atoms with Crippen LogP contribution in [-0.2, 0) is 6.54 Å². The molecule has 0 radical (unpaired) electrons. The summed E-state index contributed by atoms with van der Waals surface area (Å²) in [5.41, 5.74) is 7.85. The van der Waals surface area contributed by atoms with E-state index in [4.69, 9.17) is 10.3 Å². The summed E-state index contributed by atoms with van der Waals surface area (Å²) in [6.07, 6.45) is 3.30. The molecule has 0 aliphatic carbocycles. The molecule has 3 aromatic rings. The van der Waals surface area contributed by atoms with E-state index < -0.39 is 0 Å². The molecule has 6 nitrogen and oxygen atoms in total. The molecule has 1 aromatic carbocycles. The highest BCUT2D eigenvalue weighted by atomic mass is 16.5. The van der Waals surface area contributed by atoms with Crippen LogP contribution in [0.2, 0.25) is 0 Å². The first-order chi connectivity index (χ1) is 8.36. The van der Waals surface area contributed by atoms with Gasteiger partial charge < -0.3 is 10.3 Å². The molecule has 6 heteroatoms. The average molecular weight is 227 g/mol. The Morgan fingerprint density at radius 1 is 1.12 bits per heavy atom. The lowest BCUT2D eigenvalue weighted by molar-refractivity contribution is 0.423. The lowest BCUT2D eigenvalue weighted by Gasteiger charge is -1.97. The summed E-state index contributed by atoms with van der Waals surface area (Å²) in [7, 11) is 0. The van der Waals surface area contributed by atoms with E-state index in [1.165, 1.54) is 0 Å². The Bertz CT molecular complexity index is 664. The van der Waals surface area contributed by atoms with Crippen molar-refractivity contribution in [2.45, 2.75) is 6.54 Å². The van der Waals surface area contributed by atoms with Gasteiger partial charge in [0, 0.05) is 18.0 Å². The summed E-state index contributed by atoms with van der Waals surface area (Å²) in [6.45, 7) is 0.261. The van der Waals surface area contributed by atoms with E-state index in [2.05, 4.69) is 20.1 Å². The number of benzene rings is 1. The summed E-state index contributed by atoms with van der Waals surface area (Å²) in [4.78, 5) is 12.6. The van der Waals surface area contributed by atoms with E-state index in [1.807, 2.05) is 18.2 Å². The standard InChI is InChI=1S/C11H9N5O/c12-6-10-15-11(17-16-10)7-1-2-8-9(5-7)14-4-3-13-8/h1-5H,6,12H2. The molecule has 2 aromatic heterocycles. The average Bonchev–Trinajstić information content (AvgIpc) is 2.87. The van der Waals surface area contributed by atoms with E-state index in [0.717, 1.165) is 16.6 Å². The minimum atomic E-state index is 0.261.